The minimum Gasteiger partial charge on any atom is -0.346 e. The zero-order valence-corrected chi connectivity index (χ0v) is 29.7. The summed E-state index contributed by atoms with van der Waals surface area (Å²) in [5, 5.41) is 1.02. The van der Waals surface area contributed by atoms with Crippen LogP contribution < -0.4 is 4.90 Å². The third-order valence-corrected chi connectivity index (χ3v) is 9.50. The number of thiol groups is 2. The molecule has 1 aliphatic carbocycles. The first-order valence-corrected chi connectivity index (χ1v) is 16.6. The fraction of sp³-hybridized carbons (Fsp3) is 0.389. The first kappa shape index (κ1) is 34.9. The lowest BCUT2D eigenvalue weighted by Crippen LogP contribution is -2.37. The predicted octanol–water partition coefficient (Wildman–Crippen LogP) is 9.91. The van der Waals surface area contributed by atoms with E-state index in [1.807, 2.05) is 68.8 Å². The molecule has 7 heteroatoms. The number of carbonyl (C=O) groups excluding carboxylic acids is 1. The molecule has 0 aliphatic heterocycles. The van der Waals surface area contributed by atoms with Crippen molar-refractivity contribution in [2.45, 2.75) is 84.1 Å². The summed E-state index contributed by atoms with van der Waals surface area (Å²) in [6, 6.07) is 16.2. The van der Waals surface area contributed by atoms with Gasteiger partial charge in [-0.05, 0) is 107 Å². The molecule has 0 N–H and O–H groups in total. The molecule has 3 rings (SSSR count). The highest BCUT2D eigenvalue weighted by molar-refractivity contribution is 8.14. The molecule has 230 valence electrons. The van der Waals surface area contributed by atoms with Crippen LogP contribution in [0.2, 0.25) is 0 Å². The summed E-state index contributed by atoms with van der Waals surface area (Å²) in [6.07, 6.45) is 8.58. The maximum absolute atomic E-state index is 13.9. The largest absolute Gasteiger partial charge is 0.346 e. The van der Waals surface area contributed by atoms with Gasteiger partial charge in [-0.15, -0.1) is 25.3 Å². The normalized spacial score (nSPS) is 17.1. The molecule has 0 fully saturated rings. The van der Waals surface area contributed by atoms with Crippen molar-refractivity contribution in [2.75, 3.05) is 18.5 Å². The Balaban J connectivity index is 1.95. The SMILES string of the molecule is CCN=C(/C=C1C=C(/C=C(/C)N(C(=O)/C(S)=C(/C)N(C)c2ccccc2S)C(C)C)CC(C)(C)C/1)Sc1ccccc1C. The Morgan fingerprint density at radius 3 is 2.37 bits per heavy atom. The van der Waals surface area contributed by atoms with Gasteiger partial charge in [0.05, 0.1) is 15.6 Å². The Kier molecular flexibility index (Phi) is 12.5. The number of aliphatic imine (C=N–C) groups is 1. The highest BCUT2D eigenvalue weighted by atomic mass is 32.2. The Bertz CT molecular complexity index is 1480. The lowest BCUT2D eigenvalue weighted by molar-refractivity contribution is -0.125. The van der Waals surface area contributed by atoms with E-state index in [1.54, 1.807) is 11.8 Å². The molecule has 0 saturated heterocycles. The fourth-order valence-electron chi connectivity index (χ4n) is 5.39. The van der Waals surface area contributed by atoms with Crippen molar-refractivity contribution in [1.29, 1.82) is 0 Å². The standard InChI is InChI=1S/C36H47N3OS3/c1-10-37-33(43-32-18-14-11-15-25(32)4)21-29-20-28(22-36(7,8)23-29)19-26(5)39(24(2)3)35(40)34(42)27(6)38(9)30-16-12-13-17-31(30)41/h11-21,24,41-42H,10,22-23H2,1-9H3/b26-19-,29-21-,34-27+,37-33?. The van der Waals surface area contributed by atoms with Gasteiger partial charge in [0.1, 0.15) is 0 Å². The quantitative estimate of drug-likeness (QED) is 0.0949. The third-order valence-electron chi connectivity index (χ3n) is 7.47. The van der Waals surface area contributed by atoms with Crippen LogP contribution in [0.25, 0.3) is 0 Å². The van der Waals surface area contributed by atoms with E-state index in [2.05, 4.69) is 82.8 Å². The van der Waals surface area contributed by atoms with Crippen LogP contribution in [0.3, 0.4) is 0 Å². The average Bonchev–Trinajstić information content (AvgIpc) is 2.92. The molecule has 0 saturated carbocycles. The van der Waals surface area contributed by atoms with Gasteiger partial charge in [-0.3, -0.25) is 9.79 Å². The Labute approximate surface area is 274 Å². The topological polar surface area (TPSA) is 35.9 Å². The molecule has 0 spiro atoms. The molecule has 0 heterocycles. The molecule has 0 atom stereocenters. The van der Waals surface area contributed by atoms with Crippen LogP contribution in [0, 0.1) is 12.3 Å². The van der Waals surface area contributed by atoms with Gasteiger partial charge in [0.2, 0.25) is 0 Å². The lowest BCUT2D eigenvalue weighted by Gasteiger charge is -2.33. The van der Waals surface area contributed by atoms with E-state index in [4.69, 9.17) is 17.6 Å². The fourth-order valence-corrected chi connectivity index (χ4v) is 6.97. The second kappa shape index (κ2) is 15.4. The molecule has 1 aliphatic rings. The minimum absolute atomic E-state index is 0.0396. The van der Waals surface area contributed by atoms with Crippen molar-refractivity contribution in [2.24, 2.45) is 10.4 Å². The molecule has 0 bridgehead atoms. The summed E-state index contributed by atoms with van der Waals surface area (Å²) in [5.74, 6) is -0.119. The Morgan fingerprint density at radius 2 is 1.74 bits per heavy atom. The maximum atomic E-state index is 13.9. The van der Waals surface area contributed by atoms with Crippen LogP contribution in [0.4, 0.5) is 5.69 Å². The van der Waals surface area contributed by atoms with E-state index >= 15 is 0 Å². The van der Waals surface area contributed by atoms with E-state index < -0.39 is 0 Å². The number of rotatable bonds is 9. The number of anilines is 1. The van der Waals surface area contributed by atoms with Gasteiger partial charge in [-0.25, -0.2) is 0 Å². The molecular formula is C36H47N3OS3. The molecule has 2 aromatic rings. The zero-order valence-electron chi connectivity index (χ0n) is 27.1. The summed E-state index contributed by atoms with van der Waals surface area (Å²) in [4.78, 5) is 25.0. The lowest BCUT2D eigenvalue weighted by atomic mass is 9.75. The average molecular weight is 634 g/mol. The van der Waals surface area contributed by atoms with Crippen molar-refractivity contribution in [3.63, 3.8) is 0 Å². The molecule has 0 aromatic heterocycles. The first-order valence-electron chi connectivity index (χ1n) is 14.9. The van der Waals surface area contributed by atoms with Gasteiger partial charge in [0.15, 0.2) is 0 Å². The minimum atomic E-state index is -0.119. The molecule has 0 unspecified atom stereocenters. The van der Waals surface area contributed by atoms with Crippen LogP contribution >= 0.6 is 37.0 Å². The van der Waals surface area contributed by atoms with E-state index in [0.29, 0.717) is 4.91 Å². The summed E-state index contributed by atoms with van der Waals surface area (Å²) in [7, 11) is 1.94. The second-order valence-electron chi connectivity index (χ2n) is 12.2. The van der Waals surface area contributed by atoms with Gasteiger partial charge in [-0.2, -0.15) is 0 Å². The van der Waals surface area contributed by atoms with Crippen LogP contribution in [0.1, 0.15) is 66.9 Å². The Hall–Kier alpha value is -2.61. The highest BCUT2D eigenvalue weighted by Gasteiger charge is 2.28. The third kappa shape index (κ3) is 9.44. The molecule has 4 nitrogen and oxygen atoms in total. The highest BCUT2D eigenvalue weighted by Crippen LogP contribution is 2.40. The van der Waals surface area contributed by atoms with Crippen LogP contribution in [-0.2, 0) is 4.79 Å². The van der Waals surface area contributed by atoms with Gasteiger partial charge < -0.3 is 9.80 Å². The number of para-hydroxylation sites is 1. The van der Waals surface area contributed by atoms with Crippen molar-refractivity contribution in [3.8, 4) is 0 Å². The number of allylic oxidation sites excluding steroid dienone is 6. The molecular weight excluding hydrogens is 587 g/mol. The summed E-state index contributed by atoms with van der Waals surface area (Å²) in [5.41, 5.74) is 6.38. The first-order chi connectivity index (χ1) is 20.2. The van der Waals surface area contributed by atoms with E-state index in [-0.39, 0.29) is 17.4 Å². The maximum Gasteiger partial charge on any atom is 0.266 e. The smallest absolute Gasteiger partial charge is 0.266 e. The van der Waals surface area contributed by atoms with Crippen molar-refractivity contribution < 1.29 is 4.79 Å². The van der Waals surface area contributed by atoms with Crippen molar-refractivity contribution in [3.05, 3.63) is 99.8 Å². The van der Waals surface area contributed by atoms with Crippen molar-refractivity contribution >= 4 is 53.7 Å². The van der Waals surface area contributed by atoms with Crippen LogP contribution in [0.5, 0.6) is 0 Å². The summed E-state index contributed by atoms with van der Waals surface area (Å²) < 4.78 is 0. The molecule has 43 heavy (non-hydrogen) atoms. The van der Waals surface area contributed by atoms with Gasteiger partial charge in [0, 0.05) is 40.8 Å². The second-order valence-corrected chi connectivity index (χ2v) is 14.2. The summed E-state index contributed by atoms with van der Waals surface area (Å²) >= 11 is 11.1. The number of benzene rings is 2. The number of hydrogen-bond acceptors (Lipinski definition) is 6. The monoisotopic (exact) mass is 633 g/mol. The molecule has 2 aromatic carbocycles. The molecule has 0 radical (unpaired) electrons. The molecule has 1 amide bonds. The number of carbonyl (C=O) groups is 1. The van der Waals surface area contributed by atoms with Crippen LogP contribution in [0.15, 0.2) is 109 Å². The van der Waals surface area contributed by atoms with Crippen molar-refractivity contribution in [1.82, 2.24) is 4.90 Å². The Morgan fingerprint density at radius 1 is 1.09 bits per heavy atom. The van der Waals surface area contributed by atoms with E-state index in [9.17, 15) is 4.79 Å². The summed E-state index contributed by atoms with van der Waals surface area (Å²) in [6.45, 7) is 17.6. The van der Waals surface area contributed by atoms with E-state index in [1.165, 1.54) is 21.6 Å². The number of thioether (sulfide) groups is 1. The predicted molar refractivity (Wildman–Crippen MR) is 194 cm³/mol. The van der Waals surface area contributed by atoms with Gasteiger partial charge in [0.25, 0.3) is 5.91 Å². The van der Waals surface area contributed by atoms with Gasteiger partial charge in [-0.1, -0.05) is 62.0 Å². The number of amides is 1. The van der Waals surface area contributed by atoms with Gasteiger partial charge >= 0.3 is 0 Å². The number of aryl methyl sites for hydroxylation is 1. The van der Waals surface area contributed by atoms with Crippen LogP contribution in [-0.4, -0.2) is 35.5 Å². The van der Waals surface area contributed by atoms with E-state index in [0.717, 1.165) is 46.4 Å². The number of hydrogen-bond donors (Lipinski definition) is 2. The zero-order chi connectivity index (χ0) is 31.9. The number of nitrogens with zero attached hydrogens (tertiary/aromatic N) is 3.